The van der Waals surface area contributed by atoms with Crippen LogP contribution in [-0.2, 0) is 13.1 Å². The molecule has 0 spiro atoms. The Bertz CT molecular complexity index is 921. The van der Waals surface area contributed by atoms with Crippen LogP contribution < -0.4 is 4.74 Å². The number of nitrogens with zero attached hydrogens (tertiary/aromatic N) is 3. The summed E-state index contributed by atoms with van der Waals surface area (Å²) in [7, 11) is 1.84. The van der Waals surface area contributed by atoms with E-state index in [9.17, 15) is 4.79 Å². The lowest BCUT2D eigenvalue weighted by Crippen LogP contribution is -2.37. The van der Waals surface area contributed by atoms with Crippen LogP contribution in [0.3, 0.4) is 0 Å². The van der Waals surface area contributed by atoms with Gasteiger partial charge in [-0.15, -0.1) is 11.3 Å². The normalized spacial score (nSPS) is 15.1. The van der Waals surface area contributed by atoms with Gasteiger partial charge in [0.15, 0.2) is 0 Å². The zero-order valence-corrected chi connectivity index (χ0v) is 18.1. The quantitative estimate of drug-likeness (QED) is 0.565. The topological polar surface area (TPSA) is 45.7 Å². The van der Waals surface area contributed by atoms with Gasteiger partial charge in [-0.2, -0.15) is 0 Å². The summed E-state index contributed by atoms with van der Waals surface area (Å²) in [6.45, 7) is 3.53. The first-order valence-electron chi connectivity index (χ1n) is 10.3. The molecule has 0 atom stereocenters. The Balaban J connectivity index is 1.25. The van der Waals surface area contributed by atoms with Gasteiger partial charge in [0.1, 0.15) is 11.9 Å². The van der Waals surface area contributed by atoms with E-state index in [1.807, 2.05) is 67.2 Å². The summed E-state index contributed by atoms with van der Waals surface area (Å²) in [6, 6.07) is 17.6. The fourth-order valence-electron chi connectivity index (χ4n) is 3.70. The van der Waals surface area contributed by atoms with Crippen molar-refractivity contribution in [3.05, 3.63) is 82.3 Å². The Hall–Kier alpha value is -2.70. The van der Waals surface area contributed by atoms with Crippen molar-refractivity contribution in [2.24, 2.45) is 0 Å². The zero-order chi connectivity index (χ0) is 20.8. The second-order valence-electron chi connectivity index (χ2n) is 7.68. The molecule has 4 rings (SSSR count). The van der Waals surface area contributed by atoms with Crippen molar-refractivity contribution >= 4 is 17.2 Å². The molecule has 30 heavy (non-hydrogen) atoms. The van der Waals surface area contributed by atoms with Crippen LogP contribution in [0.15, 0.2) is 66.2 Å². The van der Waals surface area contributed by atoms with Crippen molar-refractivity contribution < 1.29 is 9.53 Å². The Morgan fingerprint density at radius 3 is 2.60 bits per heavy atom. The SMILES string of the molecule is CN(Cc1cccs1)C(=O)c1ccc(OC2CCN(Cc3ccccn3)CC2)cc1. The van der Waals surface area contributed by atoms with Gasteiger partial charge in [-0.3, -0.25) is 14.7 Å². The maximum Gasteiger partial charge on any atom is 0.253 e. The van der Waals surface area contributed by atoms with Gasteiger partial charge < -0.3 is 9.64 Å². The second-order valence-corrected chi connectivity index (χ2v) is 8.71. The van der Waals surface area contributed by atoms with E-state index in [0.717, 1.165) is 43.9 Å². The van der Waals surface area contributed by atoms with Crippen molar-refractivity contribution in [3.8, 4) is 5.75 Å². The summed E-state index contributed by atoms with van der Waals surface area (Å²) < 4.78 is 6.17. The van der Waals surface area contributed by atoms with E-state index in [-0.39, 0.29) is 12.0 Å². The Labute approximate surface area is 181 Å². The summed E-state index contributed by atoms with van der Waals surface area (Å²) in [5.41, 5.74) is 1.80. The van der Waals surface area contributed by atoms with Crippen molar-refractivity contribution in [3.63, 3.8) is 0 Å². The largest absolute Gasteiger partial charge is 0.490 e. The molecule has 1 aliphatic rings. The van der Waals surface area contributed by atoms with E-state index >= 15 is 0 Å². The van der Waals surface area contributed by atoms with Crippen LogP contribution in [-0.4, -0.2) is 46.9 Å². The number of thiophene rings is 1. The van der Waals surface area contributed by atoms with Gasteiger partial charge in [-0.05, 0) is 60.7 Å². The number of hydrogen-bond donors (Lipinski definition) is 0. The molecular formula is C24H27N3O2S. The monoisotopic (exact) mass is 421 g/mol. The number of pyridine rings is 1. The second kappa shape index (κ2) is 9.87. The van der Waals surface area contributed by atoms with Crippen LogP contribution in [0.5, 0.6) is 5.75 Å². The van der Waals surface area contributed by atoms with Crippen molar-refractivity contribution in [1.29, 1.82) is 0 Å². The van der Waals surface area contributed by atoms with Gasteiger partial charge in [0.25, 0.3) is 5.91 Å². The molecule has 0 aliphatic carbocycles. The van der Waals surface area contributed by atoms with Crippen molar-refractivity contribution in [2.45, 2.75) is 32.0 Å². The third kappa shape index (κ3) is 5.46. The number of aromatic nitrogens is 1. The minimum absolute atomic E-state index is 0.0257. The number of benzene rings is 1. The number of piperidine rings is 1. The predicted molar refractivity (Wildman–Crippen MR) is 120 cm³/mol. The summed E-state index contributed by atoms with van der Waals surface area (Å²) >= 11 is 1.67. The van der Waals surface area contributed by atoms with Gasteiger partial charge in [0, 0.05) is 43.3 Å². The number of carbonyl (C=O) groups excluding carboxylic acids is 1. The molecule has 0 unspecified atom stereocenters. The lowest BCUT2D eigenvalue weighted by Gasteiger charge is -2.31. The van der Waals surface area contributed by atoms with Crippen LogP contribution >= 0.6 is 11.3 Å². The number of rotatable bonds is 7. The van der Waals surface area contributed by atoms with Crippen LogP contribution in [0.2, 0.25) is 0 Å². The molecule has 1 saturated heterocycles. The van der Waals surface area contributed by atoms with Gasteiger partial charge >= 0.3 is 0 Å². The van der Waals surface area contributed by atoms with E-state index in [2.05, 4.69) is 16.0 Å². The Morgan fingerprint density at radius 2 is 1.93 bits per heavy atom. The van der Waals surface area contributed by atoms with E-state index < -0.39 is 0 Å². The molecule has 156 valence electrons. The maximum absolute atomic E-state index is 12.6. The molecule has 6 heteroatoms. The van der Waals surface area contributed by atoms with Crippen LogP contribution in [0.25, 0.3) is 0 Å². The molecule has 1 amide bonds. The highest BCUT2D eigenvalue weighted by molar-refractivity contribution is 7.09. The van der Waals surface area contributed by atoms with Crippen LogP contribution in [0, 0.1) is 0 Å². The molecule has 3 heterocycles. The van der Waals surface area contributed by atoms with Gasteiger partial charge in [-0.25, -0.2) is 0 Å². The lowest BCUT2D eigenvalue weighted by molar-refractivity contribution is 0.0786. The minimum atomic E-state index is 0.0257. The molecule has 1 fully saturated rings. The molecule has 5 nitrogen and oxygen atoms in total. The molecule has 1 aliphatic heterocycles. The summed E-state index contributed by atoms with van der Waals surface area (Å²) in [5.74, 6) is 0.855. The third-order valence-corrected chi connectivity index (χ3v) is 6.23. The lowest BCUT2D eigenvalue weighted by atomic mass is 10.1. The van der Waals surface area contributed by atoms with E-state index in [4.69, 9.17) is 4.74 Å². The smallest absolute Gasteiger partial charge is 0.253 e. The summed E-state index contributed by atoms with van der Waals surface area (Å²) in [6.07, 6.45) is 4.06. The molecule has 1 aromatic carbocycles. The fourth-order valence-corrected chi connectivity index (χ4v) is 4.46. The highest BCUT2D eigenvalue weighted by Crippen LogP contribution is 2.21. The standard InChI is InChI=1S/C24H27N3O2S/c1-26(18-23-6-4-16-30-23)24(28)19-7-9-21(10-8-19)29-22-11-14-27(15-12-22)17-20-5-2-3-13-25-20/h2-10,13,16,22H,11-12,14-15,17-18H2,1H3. The zero-order valence-electron chi connectivity index (χ0n) is 17.2. The molecule has 0 bridgehead atoms. The van der Waals surface area contributed by atoms with E-state index in [1.165, 1.54) is 4.88 Å². The molecule has 3 aromatic rings. The average molecular weight is 422 g/mol. The summed E-state index contributed by atoms with van der Waals surface area (Å²) in [5, 5.41) is 2.03. The number of hydrogen-bond acceptors (Lipinski definition) is 5. The maximum atomic E-state index is 12.6. The van der Waals surface area contributed by atoms with Crippen molar-refractivity contribution in [1.82, 2.24) is 14.8 Å². The third-order valence-electron chi connectivity index (χ3n) is 5.37. The molecule has 0 saturated carbocycles. The predicted octanol–water partition coefficient (Wildman–Crippen LogP) is 4.46. The number of carbonyl (C=O) groups is 1. The summed E-state index contributed by atoms with van der Waals surface area (Å²) in [4.78, 5) is 22.4. The molecule has 2 aromatic heterocycles. The van der Waals surface area contributed by atoms with Gasteiger partial charge in [-0.1, -0.05) is 12.1 Å². The van der Waals surface area contributed by atoms with Crippen LogP contribution in [0.4, 0.5) is 0 Å². The van der Waals surface area contributed by atoms with E-state index in [0.29, 0.717) is 12.1 Å². The Kier molecular flexibility index (Phi) is 6.77. The van der Waals surface area contributed by atoms with Crippen LogP contribution in [0.1, 0.15) is 33.8 Å². The minimum Gasteiger partial charge on any atom is -0.490 e. The van der Waals surface area contributed by atoms with E-state index in [1.54, 1.807) is 16.2 Å². The number of ether oxygens (including phenoxy) is 1. The molecule has 0 radical (unpaired) electrons. The first-order valence-corrected chi connectivity index (χ1v) is 11.2. The highest BCUT2D eigenvalue weighted by Gasteiger charge is 2.21. The highest BCUT2D eigenvalue weighted by atomic mass is 32.1. The average Bonchev–Trinajstić information content (AvgIpc) is 3.29. The first-order chi connectivity index (χ1) is 14.7. The molecular weight excluding hydrogens is 394 g/mol. The number of likely N-dealkylation sites (tertiary alicyclic amines) is 1. The Morgan fingerprint density at radius 1 is 1.13 bits per heavy atom. The van der Waals surface area contributed by atoms with Gasteiger partial charge in [0.05, 0.1) is 12.2 Å². The fraction of sp³-hybridized carbons (Fsp3) is 0.333. The van der Waals surface area contributed by atoms with Crippen molar-refractivity contribution in [2.75, 3.05) is 20.1 Å². The van der Waals surface area contributed by atoms with Gasteiger partial charge in [0.2, 0.25) is 0 Å². The first kappa shape index (κ1) is 20.6. The number of amides is 1. The molecule has 0 N–H and O–H groups in total.